The highest BCUT2D eigenvalue weighted by Gasteiger charge is 2.43. The SMILES string of the molecule is O=C(Nc1cccnc1)[C@@H]1CN(Cc2ccsc2)C[C@@H]2OCC[C@@H]21. The van der Waals surface area contributed by atoms with Gasteiger partial charge in [-0.1, -0.05) is 0 Å². The van der Waals surface area contributed by atoms with Gasteiger partial charge in [0.15, 0.2) is 0 Å². The predicted molar refractivity (Wildman–Crippen MR) is 93.8 cm³/mol. The molecule has 0 unspecified atom stereocenters. The van der Waals surface area contributed by atoms with E-state index >= 15 is 0 Å². The molecule has 0 spiro atoms. The van der Waals surface area contributed by atoms with Crippen molar-refractivity contribution < 1.29 is 9.53 Å². The molecule has 24 heavy (non-hydrogen) atoms. The van der Waals surface area contributed by atoms with Crippen LogP contribution in [0, 0.1) is 11.8 Å². The maximum atomic E-state index is 12.8. The number of hydrogen-bond donors (Lipinski definition) is 1. The smallest absolute Gasteiger partial charge is 0.229 e. The zero-order valence-electron chi connectivity index (χ0n) is 13.4. The van der Waals surface area contributed by atoms with Crippen molar-refractivity contribution in [2.75, 3.05) is 25.0 Å². The maximum absolute atomic E-state index is 12.8. The summed E-state index contributed by atoms with van der Waals surface area (Å²) in [5.74, 6) is 0.365. The van der Waals surface area contributed by atoms with Crippen LogP contribution in [0.15, 0.2) is 41.4 Å². The quantitative estimate of drug-likeness (QED) is 0.927. The predicted octanol–water partition coefficient (Wildman–Crippen LogP) is 2.62. The van der Waals surface area contributed by atoms with Crippen molar-refractivity contribution in [1.29, 1.82) is 0 Å². The minimum Gasteiger partial charge on any atom is -0.377 e. The van der Waals surface area contributed by atoms with Crippen LogP contribution in [-0.4, -0.2) is 41.6 Å². The molecule has 2 fully saturated rings. The van der Waals surface area contributed by atoms with Gasteiger partial charge in [0.25, 0.3) is 0 Å². The second-order valence-corrected chi connectivity index (χ2v) is 7.30. The van der Waals surface area contributed by atoms with Crippen LogP contribution in [0.1, 0.15) is 12.0 Å². The number of nitrogens with one attached hydrogen (secondary N) is 1. The second-order valence-electron chi connectivity index (χ2n) is 6.52. The largest absolute Gasteiger partial charge is 0.377 e. The molecule has 1 N–H and O–H groups in total. The summed E-state index contributed by atoms with van der Waals surface area (Å²) < 4.78 is 5.91. The highest BCUT2D eigenvalue weighted by Crippen LogP contribution is 2.35. The van der Waals surface area contributed by atoms with Gasteiger partial charge in [-0.25, -0.2) is 0 Å². The van der Waals surface area contributed by atoms with Crippen LogP contribution in [0.5, 0.6) is 0 Å². The third-order valence-corrected chi connectivity index (χ3v) is 5.65. The highest BCUT2D eigenvalue weighted by atomic mass is 32.1. The molecule has 2 aromatic rings. The molecule has 6 heteroatoms. The summed E-state index contributed by atoms with van der Waals surface area (Å²) in [5, 5.41) is 7.29. The van der Waals surface area contributed by atoms with E-state index in [1.807, 2.05) is 12.1 Å². The monoisotopic (exact) mass is 343 g/mol. The normalized spacial score (nSPS) is 26.9. The number of carbonyl (C=O) groups excluding carboxylic acids is 1. The van der Waals surface area contributed by atoms with E-state index in [1.165, 1.54) is 5.56 Å². The molecule has 1 amide bonds. The first kappa shape index (κ1) is 15.7. The van der Waals surface area contributed by atoms with Gasteiger partial charge in [0.05, 0.1) is 23.9 Å². The van der Waals surface area contributed by atoms with Gasteiger partial charge in [0, 0.05) is 38.4 Å². The molecule has 0 aromatic carbocycles. The van der Waals surface area contributed by atoms with E-state index in [9.17, 15) is 4.79 Å². The fourth-order valence-electron chi connectivity index (χ4n) is 3.77. The summed E-state index contributed by atoms with van der Waals surface area (Å²) >= 11 is 1.71. The second kappa shape index (κ2) is 7.01. The van der Waals surface area contributed by atoms with Crippen molar-refractivity contribution >= 4 is 22.9 Å². The fraction of sp³-hybridized carbons (Fsp3) is 0.444. The van der Waals surface area contributed by atoms with E-state index in [0.717, 1.165) is 38.3 Å². The molecule has 2 aliphatic rings. The Morgan fingerprint density at radius 3 is 3.17 bits per heavy atom. The van der Waals surface area contributed by atoms with E-state index in [2.05, 4.69) is 32.0 Å². The Morgan fingerprint density at radius 2 is 2.38 bits per heavy atom. The average Bonchev–Trinajstić information content (AvgIpc) is 3.26. The summed E-state index contributed by atoms with van der Waals surface area (Å²) in [6.45, 7) is 3.34. The van der Waals surface area contributed by atoms with Crippen LogP contribution in [-0.2, 0) is 16.1 Å². The summed E-state index contributed by atoms with van der Waals surface area (Å²) in [7, 11) is 0. The van der Waals surface area contributed by atoms with Gasteiger partial charge in [0.2, 0.25) is 5.91 Å². The average molecular weight is 343 g/mol. The Kier molecular flexibility index (Phi) is 4.60. The van der Waals surface area contributed by atoms with Gasteiger partial charge in [-0.05, 0) is 40.9 Å². The molecule has 0 radical (unpaired) electrons. The molecule has 0 saturated carbocycles. The number of hydrogen-bond acceptors (Lipinski definition) is 5. The lowest BCUT2D eigenvalue weighted by Crippen LogP contribution is -2.51. The van der Waals surface area contributed by atoms with Gasteiger partial charge >= 0.3 is 0 Å². The topological polar surface area (TPSA) is 54.5 Å². The van der Waals surface area contributed by atoms with Crippen LogP contribution in [0.25, 0.3) is 0 Å². The Bertz CT molecular complexity index is 677. The number of anilines is 1. The lowest BCUT2D eigenvalue weighted by molar-refractivity contribution is -0.125. The van der Waals surface area contributed by atoms with E-state index in [-0.39, 0.29) is 17.9 Å². The number of ether oxygens (including phenoxy) is 1. The number of fused-ring (bicyclic) bond motifs is 1. The molecule has 2 aliphatic heterocycles. The van der Waals surface area contributed by atoms with Crippen molar-refractivity contribution in [2.45, 2.75) is 19.1 Å². The molecule has 2 saturated heterocycles. The summed E-state index contributed by atoms with van der Waals surface area (Å²) in [5.41, 5.74) is 2.07. The van der Waals surface area contributed by atoms with Crippen LogP contribution < -0.4 is 5.32 Å². The Balaban J connectivity index is 1.48. The zero-order chi connectivity index (χ0) is 16.4. The molecule has 126 valence electrons. The van der Waals surface area contributed by atoms with Crippen molar-refractivity contribution in [2.24, 2.45) is 11.8 Å². The standard InChI is InChI=1S/C18H21N3O2S/c22-18(20-14-2-1-5-19-8-14)16-10-21(9-13-4-7-24-12-13)11-17-15(16)3-6-23-17/h1-2,4-5,7-8,12,15-17H,3,6,9-11H2,(H,20,22)/t15-,16-,17+/m1/s1. The molecule has 0 aliphatic carbocycles. The van der Waals surface area contributed by atoms with Gasteiger partial charge in [-0.15, -0.1) is 0 Å². The highest BCUT2D eigenvalue weighted by molar-refractivity contribution is 7.07. The minimum atomic E-state index is -0.0370. The number of nitrogens with zero attached hydrogens (tertiary/aromatic N) is 2. The lowest BCUT2D eigenvalue weighted by Gasteiger charge is -2.39. The maximum Gasteiger partial charge on any atom is 0.229 e. The van der Waals surface area contributed by atoms with E-state index in [1.54, 1.807) is 23.7 Å². The van der Waals surface area contributed by atoms with Gasteiger partial charge in [-0.2, -0.15) is 11.3 Å². The van der Waals surface area contributed by atoms with Crippen LogP contribution in [0.3, 0.4) is 0 Å². The van der Waals surface area contributed by atoms with E-state index in [0.29, 0.717) is 5.92 Å². The van der Waals surface area contributed by atoms with Crippen LogP contribution >= 0.6 is 11.3 Å². The van der Waals surface area contributed by atoms with Crippen molar-refractivity contribution in [3.05, 3.63) is 46.9 Å². The number of carbonyl (C=O) groups is 1. The molecular formula is C18H21N3O2S. The Morgan fingerprint density at radius 1 is 1.42 bits per heavy atom. The molecule has 0 bridgehead atoms. The van der Waals surface area contributed by atoms with Gasteiger partial charge in [0.1, 0.15) is 0 Å². The summed E-state index contributed by atoms with van der Waals surface area (Å²) in [6, 6.07) is 5.86. The molecular weight excluding hydrogens is 322 g/mol. The summed E-state index contributed by atoms with van der Waals surface area (Å²) in [4.78, 5) is 19.3. The Hall–Kier alpha value is -1.76. The number of thiophene rings is 1. The van der Waals surface area contributed by atoms with Gasteiger partial charge < -0.3 is 10.1 Å². The number of rotatable bonds is 4. The molecule has 4 heterocycles. The molecule has 2 aromatic heterocycles. The first-order valence-electron chi connectivity index (χ1n) is 8.35. The molecule has 5 nitrogen and oxygen atoms in total. The zero-order valence-corrected chi connectivity index (χ0v) is 14.2. The van der Waals surface area contributed by atoms with Crippen molar-refractivity contribution in [3.63, 3.8) is 0 Å². The molecule has 3 atom stereocenters. The van der Waals surface area contributed by atoms with Gasteiger partial charge in [-0.3, -0.25) is 14.7 Å². The van der Waals surface area contributed by atoms with Crippen LogP contribution in [0.4, 0.5) is 5.69 Å². The van der Waals surface area contributed by atoms with E-state index in [4.69, 9.17) is 4.74 Å². The third kappa shape index (κ3) is 3.36. The number of amides is 1. The first-order valence-corrected chi connectivity index (χ1v) is 9.30. The van der Waals surface area contributed by atoms with Crippen molar-refractivity contribution in [3.8, 4) is 0 Å². The molecule has 4 rings (SSSR count). The summed E-state index contributed by atoms with van der Waals surface area (Å²) in [6.07, 6.45) is 4.54. The first-order chi connectivity index (χ1) is 11.8. The van der Waals surface area contributed by atoms with E-state index < -0.39 is 0 Å². The third-order valence-electron chi connectivity index (χ3n) is 4.92. The number of piperidine rings is 1. The van der Waals surface area contributed by atoms with Crippen LogP contribution in [0.2, 0.25) is 0 Å². The minimum absolute atomic E-state index is 0.0370. The van der Waals surface area contributed by atoms with Crippen molar-refractivity contribution in [1.82, 2.24) is 9.88 Å². The number of pyridine rings is 1. The lowest BCUT2D eigenvalue weighted by atomic mass is 9.82. The Labute approximate surface area is 145 Å². The number of likely N-dealkylation sites (tertiary alicyclic amines) is 1. The fourth-order valence-corrected chi connectivity index (χ4v) is 4.43. The number of aromatic nitrogens is 1.